The number of carboxylic acids is 1. The summed E-state index contributed by atoms with van der Waals surface area (Å²) in [6.07, 6.45) is 4.76. The first-order chi connectivity index (χ1) is 17.5. The van der Waals surface area contributed by atoms with E-state index in [2.05, 4.69) is 22.8 Å². The molecule has 0 spiro atoms. The van der Waals surface area contributed by atoms with Gasteiger partial charge in [0.25, 0.3) is 5.91 Å². The third-order valence-electron chi connectivity index (χ3n) is 7.11. The van der Waals surface area contributed by atoms with Crippen molar-refractivity contribution >= 4 is 17.9 Å². The smallest absolute Gasteiger partial charge is 0.317 e. The van der Waals surface area contributed by atoms with Gasteiger partial charge in [0.2, 0.25) is 0 Å². The van der Waals surface area contributed by atoms with Gasteiger partial charge in [-0.2, -0.15) is 0 Å². The third-order valence-corrected chi connectivity index (χ3v) is 7.11. The van der Waals surface area contributed by atoms with Crippen LogP contribution >= 0.6 is 0 Å². The van der Waals surface area contributed by atoms with Crippen molar-refractivity contribution in [3.63, 3.8) is 0 Å². The number of aliphatic carboxylic acids is 1. The second-order valence-electron chi connectivity index (χ2n) is 9.64. The first-order valence-corrected chi connectivity index (χ1v) is 12.8. The molecule has 2 aliphatic rings. The summed E-state index contributed by atoms with van der Waals surface area (Å²) in [5.74, 6) is -0.178. The molecule has 4 rings (SSSR count). The number of piperidine rings is 1. The van der Waals surface area contributed by atoms with E-state index in [4.69, 9.17) is 9.84 Å². The first kappa shape index (κ1) is 25.5. The van der Waals surface area contributed by atoms with E-state index in [9.17, 15) is 14.4 Å². The van der Waals surface area contributed by atoms with E-state index in [0.29, 0.717) is 49.7 Å². The van der Waals surface area contributed by atoms with Gasteiger partial charge in [0.05, 0.1) is 12.0 Å². The van der Waals surface area contributed by atoms with Gasteiger partial charge in [0.1, 0.15) is 5.75 Å². The monoisotopic (exact) mass is 493 g/mol. The van der Waals surface area contributed by atoms with Crippen LogP contribution in [0.25, 0.3) is 0 Å². The van der Waals surface area contributed by atoms with Gasteiger partial charge in [-0.05, 0) is 68.4 Å². The van der Waals surface area contributed by atoms with Gasteiger partial charge in [-0.3, -0.25) is 9.59 Å². The van der Waals surface area contributed by atoms with E-state index in [0.717, 1.165) is 32.2 Å². The molecule has 3 amide bonds. The number of nitrogens with zero attached hydrogens (tertiary/aromatic N) is 1. The van der Waals surface area contributed by atoms with Gasteiger partial charge in [0, 0.05) is 37.7 Å². The molecular formula is C28H35N3O5. The molecule has 2 aromatic carbocycles. The molecule has 192 valence electrons. The molecule has 0 bridgehead atoms. The minimum atomic E-state index is -0.730. The van der Waals surface area contributed by atoms with Crippen LogP contribution in [0.4, 0.5) is 4.79 Å². The second-order valence-corrected chi connectivity index (χ2v) is 9.64. The number of ether oxygens (including phenoxy) is 1. The van der Waals surface area contributed by atoms with E-state index < -0.39 is 5.97 Å². The lowest BCUT2D eigenvalue weighted by Gasteiger charge is -2.33. The fourth-order valence-electron chi connectivity index (χ4n) is 5.02. The van der Waals surface area contributed by atoms with Crippen LogP contribution in [0.2, 0.25) is 0 Å². The Morgan fingerprint density at radius 2 is 1.58 bits per heavy atom. The highest BCUT2D eigenvalue weighted by Gasteiger charge is 2.27. The molecular weight excluding hydrogens is 458 g/mol. The Hall–Kier alpha value is -3.55. The maximum absolute atomic E-state index is 12.6. The number of nitrogens with one attached hydrogen (secondary N) is 2. The summed E-state index contributed by atoms with van der Waals surface area (Å²) in [6, 6.07) is 17.2. The van der Waals surface area contributed by atoms with Crippen molar-refractivity contribution in [1.29, 1.82) is 0 Å². The van der Waals surface area contributed by atoms with Crippen LogP contribution in [-0.4, -0.2) is 60.2 Å². The zero-order valence-electron chi connectivity index (χ0n) is 20.5. The van der Waals surface area contributed by atoms with Crippen LogP contribution in [0.5, 0.6) is 5.75 Å². The Morgan fingerprint density at radius 3 is 2.28 bits per heavy atom. The quantitative estimate of drug-likeness (QED) is 0.481. The van der Waals surface area contributed by atoms with Crippen LogP contribution in [0.1, 0.15) is 60.4 Å². The van der Waals surface area contributed by atoms with E-state index >= 15 is 0 Å². The number of carbonyl (C=O) groups is 3. The SMILES string of the molecule is O=C(NCCNC(=O)N1CCCC(c2ccccc2)C1)c1ccc(O[C@H]2CC[C@@H](C(=O)O)CC2)cc1. The van der Waals surface area contributed by atoms with Crippen molar-refractivity contribution in [2.75, 3.05) is 26.2 Å². The highest BCUT2D eigenvalue weighted by atomic mass is 16.5. The Morgan fingerprint density at radius 1 is 0.889 bits per heavy atom. The maximum atomic E-state index is 12.6. The lowest BCUT2D eigenvalue weighted by molar-refractivity contribution is -0.143. The fourth-order valence-corrected chi connectivity index (χ4v) is 5.02. The molecule has 0 radical (unpaired) electrons. The molecule has 8 heteroatoms. The van der Waals surface area contributed by atoms with Gasteiger partial charge < -0.3 is 25.4 Å². The Labute approximate surface area is 212 Å². The number of rotatable bonds is 8. The number of hydrogen-bond donors (Lipinski definition) is 3. The number of benzene rings is 2. The average molecular weight is 494 g/mol. The summed E-state index contributed by atoms with van der Waals surface area (Å²) < 4.78 is 5.96. The van der Waals surface area contributed by atoms with Crippen molar-refractivity contribution < 1.29 is 24.2 Å². The standard InChI is InChI=1S/C28H35N3O5/c32-26(21-8-12-24(13-9-21)36-25-14-10-22(11-15-25)27(33)34)29-16-17-30-28(35)31-18-4-7-23(19-31)20-5-2-1-3-6-20/h1-3,5-6,8-9,12-13,22-23,25H,4,7,10-11,14-19H2,(H,29,32)(H,30,35)(H,33,34)/t22-,23?,25+. The summed E-state index contributed by atoms with van der Waals surface area (Å²) in [5.41, 5.74) is 1.79. The topological polar surface area (TPSA) is 108 Å². The molecule has 1 saturated carbocycles. The van der Waals surface area contributed by atoms with Crippen molar-refractivity contribution in [1.82, 2.24) is 15.5 Å². The number of carbonyl (C=O) groups excluding carboxylic acids is 2. The molecule has 2 aromatic rings. The zero-order chi connectivity index (χ0) is 25.3. The fraction of sp³-hybridized carbons (Fsp3) is 0.464. The predicted octanol–water partition coefficient (Wildman–Crippen LogP) is 4.03. The second kappa shape index (κ2) is 12.4. The number of carboxylic acid groups (broad SMARTS) is 1. The lowest BCUT2D eigenvalue weighted by Crippen LogP contribution is -2.46. The molecule has 1 saturated heterocycles. The van der Waals surface area contributed by atoms with Crippen molar-refractivity contribution in [2.24, 2.45) is 5.92 Å². The molecule has 2 fully saturated rings. The molecule has 1 aliphatic carbocycles. The minimum absolute atomic E-state index is 0.00626. The summed E-state index contributed by atoms with van der Waals surface area (Å²) in [7, 11) is 0. The van der Waals surface area contributed by atoms with E-state index in [-0.39, 0.29) is 24.0 Å². The van der Waals surface area contributed by atoms with E-state index in [1.54, 1.807) is 24.3 Å². The number of urea groups is 1. The van der Waals surface area contributed by atoms with Crippen molar-refractivity contribution in [2.45, 2.75) is 50.5 Å². The highest BCUT2D eigenvalue weighted by molar-refractivity contribution is 5.94. The van der Waals surface area contributed by atoms with Gasteiger partial charge >= 0.3 is 12.0 Å². The van der Waals surface area contributed by atoms with E-state index in [1.165, 1.54) is 5.56 Å². The Bertz CT molecular complexity index is 1020. The predicted molar refractivity (Wildman–Crippen MR) is 136 cm³/mol. The van der Waals surface area contributed by atoms with Crippen LogP contribution < -0.4 is 15.4 Å². The van der Waals surface area contributed by atoms with Crippen molar-refractivity contribution in [3.05, 3.63) is 65.7 Å². The average Bonchev–Trinajstić information content (AvgIpc) is 2.92. The number of hydrogen-bond acceptors (Lipinski definition) is 4. The van der Waals surface area contributed by atoms with Crippen molar-refractivity contribution in [3.8, 4) is 5.75 Å². The molecule has 0 aromatic heterocycles. The third kappa shape index (κ3) is 6.99. The van der Waals surface area contributed by atoms with Crippen LogP contribution in [0, 0.1) is 5.92 Å². The van der Waals surface area contributed by atoms with E-state index in [1.807, 2.05) is 23.1 Å². The molecule has 3 N–H and O–H groups in total. The van der Waals surface area contributed by atoms with Gasteiger partial charge in [-0.25, -0.2) is 4.79 Å². The largest absolute Gasteiger partial charge is 0.490 e. The first-order valence-electron chi connectivity index (χ1n) is 12.8. The molecule has 1 heterocycles. The number of amides is 3. The van der Waals surface area contributed by atoms with Crippen LogP contribution in [-0.2, 0) is 4.79 Å². The molecule has 1 unspecified atom stereocenters. The van der Waals surface area contributed by atoms with Crippen LogP contribution in [0.15, 0.2) is 54.6 Å². The molecule has 1 atom stereocenters. The summed E-state index contributed by atoms with van der Waals surface area (Å²) in [6.45, 7) is 2.15. The molecule has 1 aliphatic heterocycles. The normalized spacial score (nSPS) is 21.9. The Balaban J connectivity index is 1.15. The molecule has 8 nitrogen and oxygen atoms in total. The highest BCUT2D eigenvalue weighted by Crippen LogP contribution is 2.28. The summed E-state index contributed by atoms with van der Waals surface area (Å²) >= 11 is 0. The maximum Gasteiger partial charge on any atom is 0.317 e. The van der Waals surface area contributed by atoms with Gasteiger partial charge in [-0.1, -0.05) is 30.3 Å². The minimum Gasteiger partial charge on any atom is -0.490 e. The van der Waals surface area contributed by atoms with Gasteiger partial charge in [0.15, 0.2) is 0 Å². The molecule has 36 heavy (non-hydrogen) atoms. The van der Waals surface area contributed by atoms with Crippen LogP contribution in [0.3, 0.4) is 0 Å². The van der Waals surface area contributed by atoms with Gasteiger partial charge in [-0.15, -0.1) is 0 Å². The summed E-state index contributed by atoms with van der Waals surface area (Å²) in [5, 5.41) is 14.9. The zero-order valence-corrected chi connectivity index (χ0v) is 20.5. The lowest BCUT2D eigenvalue weighted by atomic mass is 9.87. The Kier molecular flexibility index (Phi) is 8.81. The number of likely N-dealkylation sites (tertiary alicyclic amines) is 1. The summed E-state index contributed by atoms with van der Waals surface area (Å²) in [4.78, 5) is 38.0.